The Morgan fingerprint density at radius 2 is 1.84 bits per heavy atom. The second kappa shape index (κ2) is 8.77. The molecule has 0 aliphatic rings. The molecule has 0 saturated carbocycles. The molecular formula is C14H23ClN2O2. The Labute approximate surface area is 121 Å². The van der Waals surface area contributed by atoms with Crippen molar-refractivity contribution in [3.63, 3.8) is 0 Å². The number of ether oxygens (including phenoxy) is 1. The van der Waals surface area contributed by atoms with Gasteiger partial charge in [0.25, 0.3) is 0 Å². The molecule has 2 unspecified atom stereocenters. The van der Waals surface area contributed by atoms with E-state index in [9.17, 15) is 4.79 Å². The predicted molar refractivity (Wildman–Crippen MR) is 79.9 cm³/mol. The zero-order chi connectivity index (χ0) is 13.5. The van der Waals surface area contributed by atoms with Gasteiger partial charge in [-0.2, -0.15) is 0 Å². The standard InChI is InChI=1S/C14H22N2O2.ClH/c1-10(9-15-3)14(17)16-11(2)12-5-7-13(18-4)8-6-12;/h5-8,10-11,15H,9H2,1-4H3,(H,16,17);1H. The fraction of sp³-hybridized carbons (Fsp3) is 0.500. The molecule has 0 radical (unpaired) electrons. The van der Waals surface area contributed by atoms with E-state index in [-0.39, 0.29) is 30.3 Å². The average Bonchev–Trinajstić information content (AvgIpc) is 2.39. The van der Waals surface area contributed by atoms with Gasteiger partial charge in [0.15, 0.2) is 0 Å². The van der Waals surface area contributed by atoms with Gasteiger partial charge in [-0.05, 0) is 31.7 Å². The molecule has 1 aromatic rings. The van der Waals surface area contributed by atoms with Crippen molar-refractivity contribution in [2.75, 3.05) is 20.7 Å². The van der Waals surface area contributed by atoms with E-state index in [1.807, 2.05) is 45.2 Å². The number of carbonyl (C=O) groups excluding carboxylic acids is 1. The summed E-state index contributed by atoms with van der Waals surface area (Å²) in [5.41, 5.74) is 1.07. The van der Waals surface area contributed by atoms with Gasteiger partial charge in [-0.1, -0.05) is 19.1 Å². The van der Waals surface area contributed by atoms with Crippen LogP contribution in [0.3, 0.4) is 0 Å². The van der Waals surface area contributed by atoms with E-state index in [4.69, 9.17) is 4.74 Å². The van der Waals surface area contributed by atoms with Gasteiger partial charge in [-0.3, -0.25) is 4.79 Å². The van der Waals surface area contributed by atoms with E-state index >= 15 is 0 Å². The fourth-order valence-corrected chi connectivity index (χ4v) is 1.73. The summed E-state index contributed by atoms with van der Waals surface area (Å²) < 4.78 is 5.10. The maximum absolute atomic E-state index is 11.9. The molecule has 108 valence electrons. The van der Waals surface area contributed by atoms with Crippen LogP contribution in [0.1, 0.15) is 25.5 Å². The van der Waals surface area contributed by atoms with Gasteiger partial charge in [0.2, 0.25) is 5.91 Å². The van der Waals surface area contributed by atoms with Crippen molar-refractivity contribution < 1.29 is 9.53 Å². The van der Waals surface area contributed by atoms with Crippen molar-refractivity contribution in [1.82, 2.24) is 10.6 Å². The summed E-state index contributed by atoms with van der Waals surface area (Å²) in [6, 6.07) is 7.73. The van der Waals surface area contributed by atoms with Gasteiger partial charge in [0, 0.05) is 12.5 Å². The second-order valence-corrected chi connectivity index (χ2v) is 4.46. The number of benzene rings is 1. The van der Waals surface area contributed by atoms with Crippen molar-refractivity contribution in [3.05, 3.63) is 29.8 Å². The molecule has 5 heteroatoms. The molecule has 0 saturated heterocycles. The first-order chi connectivity index (χ1) is 8.58. The molecule has 2 atom stereocenters. The van der Waals surface area contributed by atoms with Crippen LogP contribution in [0.4, 0.5) is 0 Å². The van der Waals surface area contributed by atoms with Gasteiger partial charge in [-0.25, -0.2) is 0 Å². The quantitative estimate of drug-likeness (QED) is 0.842. The highest BCUT2D eigenvalue weighted by Gasteiger charge is 2.15. The Morgan fingerprint density at radius 3 is 2.32 bits per heavy atom. The Bertz CT molecular complexity index is 382. The fourth-order valence-electron chi connectivity index (χ4n) is 1.73. The Kier molecular flexibility index (Phi) is 8.19. The van der Waals surface area contributed by atoms with E-state index in [0.29, 0.717) is 6.54 Å². The maximum atomic E-state index is 11.9. The van der Waals surface area contributed by atoms with Crippen molar-refractivity contribution >= 4 is 18.3 Å². The van der Waals surface area contributed by atoms with Crippen LogP contribution in [-0.4, -0.2) is 26.6 Å². The van der Waals surface area contributed by atoms with Gasteiger partial charge in [-0.15, -0.1) is 12.4 Å². The largest absolute Gasteiger partial charge is 0.497 e. The second-order valence-electron chi connectivity index (χ2n) is 4.46. The van der Waals surface area contributed by atoms with E-state index in [1.165, 1.54) is 0 Å². The molecule has 0 heterocycles. The molecule has 1 aromatic carbocycles. The molecule has 4 nitrogen and oxygen atoms in total. The minimum atomic E-state index is -0.0318. The monoisotopic (exact) mass is 286 g/mol. The molecule has 1 rings (SSSR count). The average molecular weight is 287 g/mol. The van der Waals surface area contributed by atoms with Crippen molar-refractivity contribution in [2.24, 2.45) is 5.92 Å². The molecule has 0 aliphatic heterocycles. The van der Waals surface area contributed by atoms with Crippen LogP contribution < -0.4 is 15.4 Å². The Hall–Kier alpha value is -1.26. The molecule has 0 spiro atoms. The lowest BCUT2D eigenvalue weighted by Gasteiger charge is -2.18. The topological polar surface area (TPSA) is 50.4 Å². The summed E-state index contributed by atoms with van der Waals surface area (Å²) in [5.74, 6) is 0.851. The van der Waals surface area contributed by atoms with Crippen LogP contribution in [0.25, 0.3) is 0 Å². The highest BCUT2D eigenvalue weighted by Crippen LogP contribution is 2.17. The molecule has 0 fully saturated rings. The van der Waals surface area contributed by atoms with Crippen LogP contribution >= 0.6 is 12.4 Å². The predicted octanol–water partition coefficient (Wildman–Crippen LogP) is 2.15. The van der Waals surface area contributed by atoms with Crippen LogP contribution in [0, 0.1) is 5.92 Å². The van der Waals surface area contributed by atoms with Crippen molar-refractivity contribution in [2.45, 2.75) is 19.9 Å². The first-order valence-electron chi connectivity index (χ1n) is 6.17. The summed E-state index contributed by atoms with van der Waals surface area (Å²) in [7, 11) is 3.48. The van der Waals surface area contributed by atoms with Crippen LogP contribution in [0.5, 0.6) is 5.75 Å². The normalized spacial score (nSPS) is 13.1. The van der Waals surface area contributed by atoms with E-state index in [0.717, 1.165) is 11.3 Å². The van der Waals surface area contributed by atoms with Gasteiger partial charge in [0.05, 0.1) is 13.2 Å². The molecule has 0 bridgehead atoms. The van der Waals surface area contributed by atoms with Crippen molar-refractivity contribution in [1.29, 1.82) is 0 Å². The number of methoxy groups -OCH3 is 1. The molecular weight excluding hydrogens is 264 g/mol. The maximum Gasteiger partial charge on any atom is 0.224 e. The molecule has 1 amide bonds. The third-order valence-corrected chi connectivity index (χ3v) is 2.93. The summed E-state index contributed by atoms with van der Waals surface area (Å²) in [6.07, 6.45) is 0. The van der Waals surface area contributed by atoms with Gasteiger partial charge >= 0.3 is 0 Å². The van der Waals surface area contributed by atoms with Gasteiger partial charge < -0.3 is 15.4 Å². The van der Waals surface area contributed by atoms with Crippen LogP contribution in [0.2, 0.25) is 0 Å². The van der Waals surface area contributed by atoms with Gasteiger partial charge in [0.1, 0.15) is 5.75 Å². The Balaban J connectivity index is 0.00000324. The summed E-state index contributed by atoms with van der Waals surface area (Å²) in [5, 5.41) is 6.00. The number of rotatable bonds is 6. The van der Waals surface area contributed by atoms with Crippen molar-refractivity contribution in [3.8, 4) is 5.75 Å². The lowest BCUT2D eigenvalue weighted by Crippen LogP contribution is -2.35. The number of nitrogens with one attached hydrogen (secondary N) is 2. The first-order valence-corrected chi connectivity index (χ1v) is 6.17. The molecule has 0 aliphatic carbocycles. The zero-order valence-electron chi connectivity index (χ0n) is 11.9. The number of amides is 1. The third-order valence-electron chi connectivity index (χ3n) is 2.93. The number of halogens is 1. The smallest absolute Gasteiger partial charge is 0.224 e. The zero-order valence-corrected chi connectivity index (χ0v) is 12.7. The highest BCUT2D eigenvalue weighted by atomic mass is 35.5. The minimum Gasteiger partial charge on any atom is -0.497 e. The molecule has 2 N–H and O–H groups in total. The first kappa shape index (κ1) is 17.7. The van der Waals surface area contributed by atoms with Crippen LogP contribution in [0.15, 0.2) is 24.3 Å². The third kappa shape index (κ3) is 5.49. The van der Waals surface area contributed by atoms with E-state index in [2.05, 4.69) is 10.6 Å². The Morgan fingerprint density at radius 1 is 1.26 bits per heavy atom. The number of hydrogen-bond acceptors (Lipinski definition) is 3. The lowest BCUT2D eigenvalue weighted by molar-refractivity contribution is -0.125. The molecule has 19 heavy (non-hydrogen) atoms. The summed E-state index contributed by atoms with van der Waals surface area (Å²) in [6.45, 7) is 4.57. The van der Waals surface area contributed by atoms with E-state index < -0.39 is 0 Å². The number of hydrogen-bond donors (Lipinski definition) is 2. The number of carbonyl (C=O) groups is 1. The highest BCUT2D eigenvalue weighted by molar-refractivity contribution is 5.85. The lowest BCUT2D eigenvalue weighted by atomic mass is 10.1. The summed E-state index contributed by atoms with van der Waals surface area (Å²) in [4.78, 5) is 11.9. The minimum absolute atomic E-state index is 0. The summed E-state index contributed by atoms with van der Waals surface area (Å²) >= 11 is 0. The SMILES string of the molecule is CNCC(C)C(=O)NC(C)c1ccc(OC)cc1.Cl. The molecule has 0 aromatic heterocycles. The van der Waals surface area contributed by atoms with Crippen LogP contribution in [-0.2, 0) is 4.79 Å². The van der Waals surface area contributed by atoms with E-state index in [1.54, 1.807) is 7.11 Å².